The topological polar surface area (TPSA) is 95.2 Å². The number of hydrogen-bond acceptors (Lipinski definition) is 7. The second-order valence-electron chi connectivity index (χ2n) is 11.1. The van der Waals surface area contributed by atoms with Crippen molar-refractivity contribution in [2.45, 2.75) is 50.3 Å². The van der Waals surface area contributed by atoms with Gasteiger partial charge in [-0.05, 0) is 87.8 Å². The minimum Gasteiger partial charge on any atom is -0.457 e. The molecule has 4 aliphatic heterocycles. The number of nitrogens with zero attached hydrogens (tertiary/aromatic N) is 2. The highest BCUT2D eigenvalue weighted by atomic mass is 32.2. The van der Waals surface area contributed by atoms with Crippen LogP contribution in [0.2, 0.25) is 0 Å². The summed E-state index contributed by atoms with van der Waals surface area (Å²) < 4.78 is 11.4. The number of rotatable bonds is 7. The molecule has 2 aromatic carbocycles. The van der Waals surface area contributed by atoms with Gasteiger partial charge in [-0.2, -0.15) is 0 Å². The largest absolute Gasteiger partial charge is 0.457 e. The second kappa shape index (κ2) is 11.4. The number of likely N-dealkylation sites (tertiary alicyclic amines) is 1. The highest BCUT2D eigenvalue weighted by Crippen LogP contribution is 2.48. The van der Waals surface area contributed by atoms with Crippen molar-refractivity contribution in [3.8, 4) is 11.5 Å². The van der Waals surface area contributed by atoms with Gasteiger partial charge in [-0.25, -0.2) is 4.79 Å². The maximum atomic E-state index is 13.6. The average Bonchev–Trinajstić information content (AvgIpc) is 3.30. The lowest BCUT2D eigenvalue weighted by molar-refractivity contribution is -0.117. The quantitative estimate of drug-likeness (QED) is 0.470. The van der Waals surface area contributed by atoms with Gasteiger partial charge in [-0.1, -0.05) is 23.9 Å². The number of methoxy groups -OCH3 is 1. The van der Waals surface area contributed by atoms with E-state index >= 15 is 0 Å². The normalized spacial score (nSPS) is 26.4. The predicted molar refractivity (Wildman–Crippen MR) is 156 cm³/mol. The van der Waals surface area contributed by atoms with Gasteiger partial charge in [0.2, 0.25) is 0 Å². The van der Waals surface area contributed by atoms with E-state index in [1.54, 1.807) is 18.9 Å². The fourth-order valence-corrected chi connectivity index (χ4v) is 7.80. The molecule has 3 amide bonds. The van der Waals surface area contributed by atoms with Crippen LogP contribution in [0, 0.1) is 12.8 Å². The first-order chi connectivity index (χ1) is 19.4. The molecule has 3 unspecified atom stereocenters. The summed E-state index contributed by atoms with van der Waals surface area (Å²) in [7, 11) is 3.76. The first-order valence-electron chi connectivity index (χ1n) is 14.0. The number of benzene rings is 2. The Kier molecular flexibility index (Phi) is 7.76. The molecule has 6 rings (SSSR count). The maximum Gasteiger partial charge on any atom is 0.326 e. The van der Waals surface area contributed by atoms with Crippen LogP contribution in [0.3, 0.4) is 0 Å². The SMILES string of the molecule is COCc1cccc(Oc2ccc(N3C(=O)NC4=C(C(=O)N[C@@H]5CCCN(C)C5)SC5NCCC3C45)c(C)c2)c1. The molecule has 3 fully saturated rings. The minimum absolute atomic E-state index is 0.0186. The number of thioether (sulfide) groups is 1. The van der Waals surface area contributed by atoms with Crippen molar-refractivity contribution in [1.29, 1.82) is 0 Å². The van der Waals surface area contributed by atoms with E-state index in [1.807, 2.05) is 54.3 Å². The average molecular weight is 564 g/mol. The number of carbonyl (C=O) groups excluding carboxylic acids is 2. The number of hydrogen-bond donors (Lipinski definition) is 3. The van der Waals surface area contributed by atoms with E-state index in [1.165, 1.54) is 0 Å². The number of aryl methyl sites for hydroxylation is 1. The molecule has 9 nitrogen and oxygen atoms in total. The number of nitrogens with one attached hydrogen (secondary N) is 3. The first kappa shape index (κ1) is 27.1. The van der Waals surface area contributed by atoms with Crippen molar-refractivity contribution in [2.24, 2.45) is 5.92 Å². The molecule has 0 saturated carbocycles. The van der Waals surface area contributed by atoms with Gasteiger partial charge in [-0.3, -0.25) is 9.69 Å². The second-order valence-corrected chi connectivity index (χ2v) is 12.3. The zero-order valence-electron chi connectivity index (χ0n) is 23.2. The molecule has 212 valence electrons. The fourth-order valence-electron chi connectivity index (χ4n) is 6.40. The number of anilines is 1. The Labute approximate surface area is 239 Å². The van der Waals surface area contributed by atoms with Gasteiger partial charge in [0.25, 0.3) is 5.91 Å². The van der Waals surface area contributed by atoms with E-state index in [0.29, 0.717) is 17.3 Å². The van der Waals surface area contributed by atoms with E-state index in [-0.39, 0.29) is 35.3 Å². The summed E-state index contributed by atoms with van der Waals surface area (Å²) in [4.78, 5) is 31.8. The Hall–Kier alpha value is -3.05. The van der Waals surface area contributed by atoms with E-state index in [4.69, 9.17) is 9.47 Å². The Morgan fingerprint density at radius 2 is 2.02 bits per heavy atom. The molecule has 0 aliphatic carbocycles. The van der Waals surface area contributed by atoms with Crippen LogP contribution < -0.4 is 25.6 Å². The summed E-state index contributed by atoms with van der Waals surface area (Å²) in [6, 6.07) is 13.6. The Morgan fingerprint density at radius 3 is 2.83 bits per heavy atom. The number of amides is 3. The third-order valence-electron chi connectivity index (χ3n) is 8.18. The molecule has 10 heteroatoms. The van der Waals surface area contributed by atoms with Crippen LogP contribution in [0.25, 0.3) is 0 Å². The van der Waals surface area contributed by atoms with Gasteiger partial charge in [0.1, 0.15) is 11.5 Å². The van der Waals surface area contributed by atoms with Gasteiger partial charge >= 0.3 is 6.03 Å². The summed E-state index contributed by atoms with van der Waals surface area (Å²) in [6.45, 7) is 5.23. The lowest BCUT2D eigenvalue weighted by Gasteiger charge is -2.46. The molecular formula is C30H37N5O4S. The zero-order valence-corrected chi connectivity index (χ0v) is 24.1. The minimum atomic E-state index is -0.189. The molecule has 4 heterocycles. The molecular weight excluding hydrogens is 526 g/mol. The van der Waals surface area contributed by atoms with Gasteiger partial charge in [0.05, 0.1) is 22.9 Å². The monoisotopic (exact) mass is 563 g/mol. The van der Waals surface area contributed by atoms with Crippen molar-refractivity contribution in [2.75, 3.05) is 38.7 Å². The molecule has 0 radical (unpaired) electrons. The zero-order chi connectivity index (χ0) is 27.8. The molecule has 4 atom stereocenters. The number of carbonyl (C=O) groups is 2. The van der Waals surface area contributed by atoms with Crippen LogP contribution in [0.15, 0.2) is 53.1 Å². The summed E-state index contributed by atoms with van der Waals surface area (Å²) in [6.07, 6.45) is 2.87. The van der Waals surface area contributed by atoms with Crippen molar-refractivity contribution in [1.82, 2.24) is 20.9 Å². The van der Waals surface area contributed by atoms with Crippen molar-refractivity contribution < 1.29 is 19.1 Å². The summed E-state index contributed by atoms with van der Waals surface area (Å²) in [5.74, 6) is 1.39. The molecule has 40 heavy (non-hydrogen) atoms. The van der Waals surface area contributed by atoms with Crippen LogP contribution in [0.5, 0.6) is 11.5 Å². The number of likely N-dealkylation sites (N-methyl/N-ethyl adjacent to an activating group) is 1. The van der Waals surface area contributed by atoms with Crippen LogP contribution >= 0.6 is 11.8 Å². The first-order valence-corrected chi connectivity index (χ1v) is 14.9. The number of ether oxygens (including phenoxy) is 2. The lowest BCUT2D eigenvalue weighted by Crippen LogP contribution is -2.62. The lowest BCUT2D eigenvalue weighted by atomic mass is 9.86. The van der Waals surface area contributed by atoms with Gasteiger partial charge in [0.15, 0.2) is 0 Å². The molecule has 3 N–H and O–H groups in total. The maximum absolute atomic E-state index is 13.6. The molecule has 0 spiro atoms. The van der Waals surface area contributed by atoms with Crippen LogP contribution in [0.4, 0.5) is 10.5 Å². The predicted octanol–water partition coefficient (Wildman–Crippen LogP) is 3.94. The summed E-state index contributed by atoms with van der Waals surface area (Å²) in [5.41, 5.74) is 3.61. The third kappa shape index (κ3) is 5.33. The highest BCUT2D eigenvalue weighted by Gasteiger charge is 2.52. The highest BCUT2D eigenvalue weighted by molar-refractivity contribution is 8.04. The van der Waals surface area contributed by atoms with Crippen LogP contribution in [0.1, 0.15) is 30.4 Å². The molecule has 0 bridgehead atoms. The molecule has 4 aliphatic rings. The molecule has 0 aromatic heterocycles. The van der Waals surface area contributed by atoms with E-state index in [2.05, 4.69) is 27.9 Å². The third-order valence-corrected chi connectivity index (χ3v) is 9.53. The van der Waals surface area contributed by atoms with E-state index in [9.17, 15) is 9.59 Å². The molecule has 3 saturated heterocycles. The van der Waals surface area contributed by atoms with Crippen LogP contribution in [-0.2, 0) is 16.1 Å². The summed E-state index contributed by atoms with van der Waals surface area (Å²) >= 11 is 1.55. The Balaban J connectivity index is 1.22. The van der Waals surface area contributed by atoms with E-state index in [0.717, 1.165) is 67.2 Å². The standard InChI is InChI=1S/C30H37N5O4S/c1-18-14-22(39-21-8-4-6-19(15-21)17-38-3)9-10-23(18)35-24-11-12-31-29-25(24)26(33-30(35)37)27(40-29)28(36)32-20-7-5-13-34(2)16-20/h4,6,8-10,14-15,20,24-25,29,31H,5,7,11-13,16-17H2,1-3H3,(H,32,36)(H,33,37)/t20-,24?,25?,29?/m1/s1. The number of urea groups is 1. The Morgan fingerprint density at radius 1 is 1.18 bits per heavy atom. The van der Waals surface area contributed by atoms with E-state index < -0.39 is 0 Å². The van der Waals surface area contributed by atoms with Crippen molar-refractivity contribution in [3.63, 3.8) is 0 Å². The van der Waals surface area contributed by atoms with Gasteiger partial charge in [-0.15, -0.1) is 0 Å². The fraction of sp³-hybridized carbons (Fsp3) is 0.467. The Bertz CT molecular complexity index is 1330. The van der Waals surface area contributed by atoms with Gasteiger partial charge < -0.3 is 30.3 Å². The van der Waals surface area contributed by atoms with Gasteiger partial charge in [0, 0.05) is 37.0 Å². The van der Waals surface area contributed by atoms with Crippen molar-refractivity contribution in [3.05, 3.63) is 64.2 Å². The smallest absolute Gasteiger partial charge is 0.326 e. The number of piperidine rings is 2. The summed E-state index contributed by atoms with van der Waals surface area (Å²) in [5, 5.41) is 9.99. The van der Waals surface area contributed by atoms with Crippen LogP contribution in [-0.4, -0.2) is 68.1 Å². The molecule has 2 aromatic rings. The van der Waals surface area contributed by atoms with Crippen molar-refractivity contribution >= 4 is 29.4 Å².